The lowest BCUT2D eigenvalue weighted by Gasteiger charge is -2.32. The predicted molar refractivity (Wildman–Crippen MR) is 75.0 cm³/mol. The Balaban J connectivity index is 1.86. The average molecular weight is 300 g/mol. The summed E-state index contributed by atoms with van der Waals surface area (Å²) in [5.41, 5.74) is 0. The van der Waals surface area contributed by atoms with E-state index in [2.05, 4.69) is 0 Å². The first-order valence-corrected chi connectivity index (χ1v) is 8.07. The number of carbonyl (C=O) groups is 3. The second-order valence-corrected chi connectivity index (χ2v) is 5.96. The van der Waals surface area contributed by atoms with Crippen LogP contribution in [0.5, 0.6) is 0 Å². The normalized spacial score (nSPS) is 23.1. The van der Waals surface area contributed by atoms with Crippen molar-refractivity contribution >= 4 is 29.5 Å². The molecule has 0 saturated carbocycles. The molecule has 2 rings (SSSR count). The minimum Gasteiger partial charge on any atom is -0.466 e. The van der Waals surface area contributed by atoms with Crippen LogP contribution >= 0.6 is 11.8 Å². The molecule has 0 radical (unpaired) electrons. The number of hydrogen-bond donors (Lipinski definition) is 0. The van der Waals surface area contributed by atoms with Gasteiger partial charge in [-0.3, -0.25) is 14.4 Å². The summed E-state index contributed by atoms with van der Waals surface area (Å²) >= 11 is 1.52. The third kappa shape index (κ3) is 3.65. The predicted octanol–water partition coefficient (Wildman–Crippen LogP) is 0.321. The monoisotopic (exact) mass is 300 g/mol. The fraction of sp³-hybridized carbons (Fsp3) is 0.769. The minimum atomic E-state index is -0.226. The van der Waals surface area contributed by atoms with Gasteiger partial charge in [-0.1, -0.05) is 0 Å². The molecule has 0 aromatic rings. The molecule has 0 N–H and O–H groups in total. The van der Waals surface area contributed by atoms with E-state index in [0.29, 0.717) is 31.3 Å². The molecule has 0 spiro atoms. The molecule has 0 aliphatic carbocycles. The molecule has 0 aromatic carbocycles. The van der Waals surface area contributed by atoms with E-state index in [1.807, 2.05) is 0 Å². The van der Waals surface area contributed by atoms with Crippen LogP contribution in [0.25, 0.3) is 0 Å². The number of nitrogens with zero attached hydrogens (tertiary/aromatic N) is 2. The molecule has 2 aliphatic heterocycles. The number of ether oxygens (including phenoxy) is 1. The highest BCUT2D eigenvalue weighted by Gasteiger charge is 2.31. The van der Waals surface area contributed by atoms with Crippen molar-refractivity contribution in [3.05, 3.63) is 0 Å². The van der Waals surface area contributed by atoms with E-state index in [4.69, 9.17) is 4.74 Å². The zero-order valence-electron chi connectivity index (χ0n) is 11.7. The number of likely N-dealkylation sites (tertiary alicyclic amines) is 1. The van der Waals surface area contributed by atoms with Crippen LogP contribution in [-0.2, 0) is 19.1 Å². The van der Waals surface area contributed by atoms with Crippen molar-refractivity contribution in [2.45, 2.75) is 19.8 Å². The lowest BCUT2D eigenvalue weighted by Crippen LogP contribution is -2.47. The van der Waals surface area contributed by atoms with Crippen LogP contribution in [-0.4, -0.2) is 65.5 Å². The smallest absolute Gasteiger partial charge is 0.310 e. The van der Waals surface area contributed by atoms with E-state index >= 15 is 0 Å². The van der Waals surface area contributed by atoms with Crippen molar-refractivity contribution in [3.63, 3.8) is 0 Å². The third-order valence-corrected chi connectivity index (χ3v) is 4.49. The van der Waals surface area contributed by atoms with E-state index in [1.54, 1.807) is 16.7 Å². The molecule has 2 fully saturated rings. The van der Waals surface area contributed by atoms with Crippen molar-refractivity contribution in [3.8, 4) is 0 Å². The Bertz CT molecular complexity index is 402. The summed E-state index contributed by atoms with van der Waals surface area (Å²) in [7, 11) is 0. The van der Waals surface area contributed by atoms with Gasteiger partial charge in [0.15, 0.2) is 0 Å². The Morgan fingerprint density at radius 3 is 2.90 bits per heavy atom. The second kappa shape index (κ2) is 6.97. The second-order valence-electron chi connectivity index (χ2n) is 5.00. The van der Waals surface area contributed by atoms with Gasteiger partial charge in [0, 0.05) is 13.1 Å². The summed E-state index contributed by atoms with van der Waals surface area (Å²) in [6.07, 6.45) is 1.57. The summed E-state index contributed by atoms with van der Waals surface area (Å²) in [5.74, 6) is 0.532. The van der Waals surface area contributed by atoms with Gasteiger partial charge in [0.2, 0.25) is 11.8 Å². The summed E-state index contributed by atoms with van der Waals surface area (Å²) < 4.78 is 5.02. The van der Waals surface area contributed by atoms with Gasteiger partial charge in [-0.25, -0.2) is 0 Å². The first-order valence-electron chi connectivity index (χ1n) is 6.91. The quantitative estimate of drug-likeness (QED) is 0.700. The topological polar surface area (TPSA) is 66.9 Å². The zero-order valence-corrected chi connectivity index (χ0v) is 12.5. The van der Waals surface area contributed by atoms with Crippen LogP contribution in [0.4, 0.5) is 0 Å². The van der Waals surface area contributed by atoms with E-state index < -0.39 is 0 Å². The van der Waals surface area contributed by atoms with Gasteiger partial charge in [0.25, 0.3) is 0 Å². The molecule has 0 bridgehead atoms. The third-order valence-electron chi connectivity index (χ3n) is 3.55. The standard InChI is InChI=1S/C13H20N2O4S/c1-2-19-13(18)10-4-3-5-14(6-10)11(16)7-15-9-20-8-12(15)17/h10H,2-9H2,1H3/t10-/m1/s1. The van der Waals surface area contributed by atoms with Gasteiger partial charge in [0.1, 0.15) is 6.54 Å². The van der Waals surface area contributed by atoms with Gasteiger partial charge in [-0.2, -0.15) is 0 Å². The lowest BCUT2D eigenvalue weighted by atomic mass is 9.98. The summed E-state index contributed by atoms with van der Waals surface area (Å²) in [5, 5.41) is 0. The molecule has 2 amide bonds. The Morgan fingerprint density at radius 2 is 2.25 bits per heavy atom. The van der Waals surface area contributed by atoms with E-state index in [1.165, 1.54) is 11.8 Å². The van der Waals surface area contributed by atoms with Crippen LogP contribution in [0.1, 0.15) is 19.8 Å². The fourth-order valence-electron chi connectivity index (χ4n) is 2.46. The average Bonchev–Trinajstić information content (AvgIpc) is 2.85. The molecule has 2 saturated heterocycles. The Labute approximate surface area is 122 Å². The summed E-state index contributed by atoms with van der Waals surface area (Å²) in [6.45, 7) is 3.33. The van der Waals surface area contributed by atoms with E-state index in [9.17, 15) is 14.4 Å². The van der Waals surface area contributed by atoms with E-state index in [-0.39, 0.29) is 30.2 Å². The maximum absolute atomic E-state index is 12.2. The Kier molecular flexibility index (Phi) is 5.28. The first kappa shape index (κ1) is 15.2. The highest BCUT2D eigenvalue weighted by atomic mass is 32.2. The molecular weight excluding hydrogens is 280 g/mol. The van der Waals surface area contributed by atoms with Gasteiger partial charge >= 0.3 is 5.97 Å². The SMILES string of the molecule is CCOC(=O)[C@@H]1CCCN(C(=O)CN2CSCC2=O)C1. The summed E-state index contributed by atoms with van der Waals surface area (Å²) in [6, 6.07) is 0. The van der Waals surface area contributed by atoms with E-state index in [0.717, 1.165) is 12.8 Å². The number of amides is 2. The largest absolute Gasteiger partial charge is 0.466 e. The number of thioether (sulfide) groups is 1. The Morgan fingerprint density at radius 1 is 1.45 bits per heavy atom. The molecule has 2 aliphatic rings. The number of rotatable bonds is 4. The van der Waals surface area contributed by atoms with Crippen molar-refractivity contribution in [2.75, 3.05) is 37.9 Å². The van der Waals surface area contributed by atoms with Gasteiger partial charge < -0.3 is 14.5 Å². The van der Waals surface area contributed by atoms with Crippen molar-refractivity contribution < 1.29 is 19.1 Å². The lowest BCUT2D eigenvalue weighted by molar-refractivity contribution is -0.152. The number of esters is 1. The van der Waals surface area contributed by atoms with Crippen LogP contribution < -0.4 is 0 Å². The number of hydrogen-bond acceptors (Lipinski definition) is 5. The van der Waals surface area contributed by atoms with Crippen LogP contribution in [0.15, 0.2) is 0 Å². The summed E-state index contributed by atoms with van der Waals surface area (Å²) in [4.78, 5) is 38.7. The van der Waals surface area contributed by atoms with Gasteiger partial charge in [-0.05, 0) is 19.8 Å². The van der Waals surface area contributed by atoms with Gasteiger partial charge in [-0.15, -0.1) is 11.8 Å². The first-order chi connectivity index (χ1) is 9.61. The van der Waals surface area contributed by atoms with Crippen molar-refractivity contribution in [2.24, 2.45) is 5.92 Å². The minimum absolute atomic E-state index is 0.0160. The molecule has 0 unspecified atom stereocenters. The maximum Gasteiger partial charge on any atom is 0.310 e. The van der Waals surface area contributed by atoms with Gasteiger partial charge in [0.05, 0.1) is 24.2 Å². The molecule has 0 aromatic heterocycles. The fourth-order valence-corrected chi connectivity index (χ4v) is 3.36. The van der Waals surface area contributed by atoms with Crippen molar-refractivity contribution in [1.29, 1.82) is 0 Å². The molecule has 1 atom stereocenters. The number of piperidine rings is 1. The highest BCUT2D eigenvalue weighted by molar-refractivity contribution is 8.00. The van der Waals surface area contributed by atoms with Crippen LogP contribution in [0, 0.1) is 5.92 Å². The molecule has 6 nitrogen and oxygen atoms in total. The number of carbonyl (C=O) groups excluding carboxylic acids is 3. The molecule has 2 heterocycles. The Hall–Kier alpha value is -1.24. The molecule has 112 valence electrons. The van der Waals surface area contributed by atoms with Crippen LogP contribution in [0.3, 0.4) is 0 Å². The van der Waals surface area contributed by atoms with Crippen LogP contribution in [0.2, 0.25) is 0 Å². The zero-order chi connectivity index (χ0) is 14.5. The highest BCUT2D eigenvalue weighted by Crippen LogP contribution is 2.19. The molecular formula is C13H20N2O4S. The van der Waals surface area contributed by atoms with Crippen molar-refractivity contribution in [1.82, 2.24) is 9.80 Å². The molecule has 20 heavy (non-hydrogen) atoms. The molecule has 7 heteroatoms. The maximum atomic E-state index is 12.2.